The second-order valence-electron chi connectivity index (χ2n) is 5.44. The molecule has 1 saturated carbocycles. The summed E-state index contributed by atoms with van der Waals surface area (Å²) in [4.78, 5) is 18.7. The van der Waals surface area contributed by atoms with E-state index in [1.54, 1.807) is 24.3 Å². The van der Waals surface area contributed by atoms with Gasteiger partial charge in [0.15, 0.2) is 0 Å². The van der Waals surface area contributed by atoms with Crippen molar-refractivity contribution in [1.82, 2.24) is 9.97 Å². The fourth-order valence-corrected chi connectivity index (χ4v) is 2.20. The van der Waals surface area contributed by atoms with Gasteiger partial charge in [-0.15, -0.1) is 0 Å². The minimum absolute atomic E-state index is 0.00301. The standard InChI is InChI=1S/C16H16ClN5O2/c17-11-7-10(18)3-4-12(11)24-13(19)5-6-14-20-8-15(21-14)22-16(23)9-1-2-9/h3-9,19H,1-2,18H2,(H,20,21)(H,22,23)/b6-5-,19-13?. The number of nitrogens with two attached hydrogens (primary N) is 1. The van der Waals surface area contributed by atoms with E-state index in [0.717, 1.165) is 12.8 Å². The third kappa shape index (κ3) is 4.14. The molecule has 124 valence electrons. The predicted molar refractivity (Wildman–Crippen MR) is 93.2 cm³/mol. The molecule has 0 radical (unpaired) electrons. The minimum atomic E-state index is -0.110. The van der Waals surface area contributed by atoms with Crippen LogP contribution in [-0.4, -0.2) is 21.8 Å². The summed E-state index contributed by atoms with van der Waals surface area (Å²) >= 11 is 5.99. The van der Waals surface area contributed by atoms with Gasteiger partial charge in [0.05, 0.1) is 11.2 Å². The summed E-state index contributed by atoms with van der Waals surface area (Å²) in [7, 11) is 0. The molecule has 1 aliphatic rings. The van der Waals surface area contributed by atoms with E-state index < -0.39 is 0 Å². The van der Waals surface area contributed by atoms with Gasteiger partial charge in [0, 0.05) is 17.7 Å². The van der Waals surface area contributed by atoms with Crippen LogP contribution in [0.25, 0.3) is 6.08 Å². The number of carbonyl (C=O) groups excluding carboxylic acids is 1. The Labute approximate surface area is 143 Å². The number of hydrogen-bond donors (Lipinski definition) is 4. The molecule has 1 heterocycles. The number of rotatable bonds is 5. The highest BCUT2D eigenvalue weighted by Gasteiger charge is 2.29. The molecule has 0 bridgehead atoms. The zero-order valence-corrected chi connectivity index (χ0v) is 13.4. The number of ether oxygens (including phenoxy) is 1. The highest BCUT2D eigenvalue weighted by Crippen LogP contribution is 2.30. The van der Waals surface area contributed by atoms with Crippen molar-refractivity contribution in [2.75, 3.05) is 11.1 Å². The summed E-state index contributed by atoms with van der Waals surface area (Å²) in [5, 5.41) is 10.9. The zero-order chi connectivity index (χ0) is 17.1. The molecule has 1 aromatic heterocycles. The lowest BCUT2D eigenvalue weighted by Crippen LogP contribution is -2.13. The Balaban J connectivity index is 1.57. The molecule has 0 saturated heterocycles. The van der Waals surface area contributed by atoms with Gasteiger partial charge in [-0.2, -0.15) is 0 Å². The van der Waals surface area contributed by atoms with Gasteiger partial charge in [0.25, 0.3) is 0 Å². The van der Waals surface area contributed by atoms with Crippen LogP contribution in [0.5, 0.6) is 5.75 Å². The molecule has 1 fully saturated rings. The number of nitrogens with one attached hydrogen (secondary N) is 3. The Kier molecular flexibility index (Phi) is 4.52. The zero-order valence-electron chi connectivity index (χ0n) is 12.7. The van der Waals surface area contributed by atoms with Gasteiger partial charge < -0.3 is 20.8 Å². The fraction of sp³-hybridized carbons (Fsp3) is 0.188. The molecule has 1 aromatic carbocycles. The fourth-order valence-electron chi connectivity index (χ4n) is 1.97. The van der Waals surface area contributed by atoms with Crippen molar-refractivity contribution >= 4 is 41.0 Å². The molecule has 7 nitrogen and oxygen atoms in total. The van der Waals surface area contributed by atoms with E-state index in [0.29, 0.717) is 28.1 Å². The maximum Gasteiger partial charge on any atom is 0.228 e. The molecule has 1 amide bonds. The summed E-state index contributed by atoms with van der Waals surface area (Å²) in [5.74, 6) is 1.39. The van der Waals surface area contributed by atoms with Crippen LogP contribution in [0.1, 0.15) is 18.7 Å². The first-order valence-corrected chi connectivity index (χ1v) is 7.74. The molecule has 0 unspecified atom stereocenters. The van der Waals surface area contributed by atoms with Crippen LogP contribution in [0.4, 0.5) is 11.5 Å². The number of aromatic amines is 1. The van der Waals surface area contributed by atoms with Crippen molar-refractivity contribution in [2.45, 2.75) is 12.8 Å². The predicted octanol–water partition coefficient (Wildman–Crippen LogP) is 3.06. The van der Waals surface area contributed by atoms with Gasteiger partial charge >= 0.3 is 0 Å². The van der Waals surface area contributed by atoms with Crippen LogP contribution >= 0.6 is 11.6 Å². The molecule has 0 aliphatic heterocycles. The Morgan fingerprint density at radius 3 is 3.00 bits per heavy atom. The van der Waals surface area contributed by atoms with E-state index in [2.05, 4.69) is 15.3 Å². The van der Waals surface area contributed by atoms with E-state index in [1.807, 2.05) is 0 Å². The van der Waals surface area contributed by atoms with Gasteiger partial charge in [-0.25, -0.2) is 4.98 Å². The maximum absolute atomic E-state index is 11.7. The van der Waals surface area contributed by atoms with E-state index >= 15 is 0 Å². The summed E-state index contributed by atoms with van der Waals surface area (Å²) < 4.78 is 5.33. The first-order chi connectivity index (χ1) is 11.5. The number of halogens is 1. The number of H-pyrrole nitrogens is 1. The lowest BCUT2D eigenvalue weighted by atomic mass is 10.3. The van der Waals surface area contributed by atoms with Gasteiger partial charge in [-0.05, 0) is 37.1 Å². The Hall–Kier alpha value is -2.80. The monoisotopic (exact) mass is 345 g/mol. The summed E-state index contributed by atoms with van der Waals surface area (Å²) in [6.07, 6.45) is 6.41. The second kappa shape index (κ2) is 6.76. The van der Waals surface area contributed by atoms with Crippen molar-refractivity contribution in [3.63, 3.8) is 0 Å². The van der Waals surface area contributed by atoms with E-state index in [4.69, 9.17) is 27.5 Å². The number of imidazole rings is 1. The molecule has 24 heavy (non-hydrogen) atoms. The van der Waals surface area contributed by atoms with Crippen molar-refractivity contribution in [2.24, 2.45) is 5.92 Å². The number of amides is 1. The Bertz CT molecular complexity index is 811. The largest absolute Gasteiger partial charge is 0.438 e. The van der Waals surface area contributed by atoms with E-state index in [-0.39, 0.29) is 17.7 Å². The molecule has 1 aliphatic carbocycles. The van der Waals surface area contributed by atoms with Crippen LogP contribution in [0.3, 0.4) is 0 Å². The van der Waals surface area contributed by atoms with Crippen molar-refractivity contribution in [3.05, 3.63) is 41.3 Å². The highest BCUT2D eigenvalue weighted by atomic mass is 35.5. The molecule has 2 aromatic rings. The molecular weight excluding hydrogens is 330 g/mol. The van der Waals surface area contributed by atoms with Crippen LogP contribution in [0.15, 0.2) is 30.5 Å². The molecular formula is C16H16ClN5O2. The average Bonchev–Trinajstić information content (AvgIpc) is 3.30. The quantitative estimate of drug-likeness (QED) is 0.378. The molecule has 8 heteroatoms. The lowest BCUT2D eigenvalue weighted by molar-refractivity contribution is -0.117. The smallest absolute Gasteiger partial charge is 0.228 e. The SMILES string of the molecule is N=C(/C=C\c1ncc(NC(=O)C2CC2)[nH]1)Oc1ccc(N)cc1Cl. The Morgan fingerprint density at radius 2 is 2.29 bits per heavy atom. The van der Waals surface area contributed by atoms with Gasteiger partial charge in [0.1, 0.15) is 17.4 Å². The average molecular weight is 346 g/mol. The number of anilines is 2. The topological polar surface area (TPSA) is 117 Å². The van der Waals surface area contributed by atoms with Crippen LogP contribution in [0, 0.1) is 11.3 Å². The van der Waals surface area contributed by atoms with Crippen LogP contribution in [0.2, 0.25) is 5.02 Å². The molecule has 3 rings (SSSR count). The highest BCUT2D eigenvalue weighted by molar-refractivity contribution is 6.32. The number of nitrogens with zero attached hydrogens (tertiary/aromatic N) is 1. The molecule has 5 N–H and O–H groups in total. The summed E-state index contributed by atoms with van der Waals surface area (Å²) in [6.45, 7) is 0. The molecule has 0 spiro atoms. The van der Waals surface area contributed by atoms with Gasteiger partial charge in [-0.1, -0.05) is 11.6 Å². The van der Waals surface area contributed by atoms with Gasteiger partial charge in [0.2, 0.25) is 11.8 Å². The first kappa shape index (κ1) is 16.1. The normalized spacial score (nSPS) is 13.9. The number of carbonyl (C=O) groups is 1. The van der Waals surface area contributed by atoms with E-state index in [1.165, 1.54) is 12.3 Å². The third-order valence-electron chi connectivity index (χ3n) is 3.37. The van der Waals surface area contributed by atoms with Crippen LogP contribution in [-0.2, 0) is 4.79 Å². The van der Waals surface area contributed by atoms with Crippen molar-refractivity contribution < 1.29 is 9.53 Å². The summed E-state index contributed by atoms with van der Waals surface area (Å²) in [6, 6.07) is 4.78. The van der Waals surface area contributed by atoms with E-state index in [9.17, 15) is 4.79 Å². The van der Waals surface area contributed by atoms with Crippen LogP contribution < -0.4 is 15.8 Å². The summed E-state index contributed by atoms with van der Waals surface area (Å²) in [5.41, 5.74) is 6.12. The number of hydrogen-bond acceptors (Lipinski definition) is 5. The minimum Gasteiger partial charge on any atom is -0.438 e. The van der Waals surface area contributed by atoms with Gasteiger partial charge in [-0.3, -0.25) is 10.2 Å². The second-order valence-corrected chi connectivity index (χ2v) is 5.84. The number of benzene rings is 1. The first-order valence-electron chi connectivity index (χ1n) is 7.36. The Morgan fingerprint density at radius 1 is 1.50 bits per heavy atom. The maximum atomic E-state index is 11.7. The number of aromatic nitrogens is 2. The van der Waals surface area contributed by atoms with Crippen molar-refractivity contribution in [1.29, 1.82) is 5.41 Å². The van der Waals surface area contributed by atoms with Crippen molar-refractivity contribution in [3.8, 4) is 5.75 Å². The number of nitrogen functional groups attached to an aromatic ring is 1. The lowest BCUT2D eigenvalue weighted by Gasteiger charge is -2.06. The third-order valence-corrected chi connectivity index (χ3v) is 3.67. The molecule has 0 atom stereocenters.